The van der Waals surface area contributed by atoms with Crippen LogP contribution in [0.2, 0.25) is 0 Å². The van der Waals surface area contributed by atoms with E-state index in [9.17, 15) is 4.57 Å². The zero-order valence-electron chi connectivity index (χ0n) is 8.23. The van der Waals surface area contributed by atoms with E-state index in [1.54, 1.807) is 0 Å². The lowest BCUT2D eigenvalue weighted by molar-refractivity contribution is 0.589. The molecule has 2 heteroatoms. The van der Waals surface area contributed by atoms with Gasteiger partial charge in [0.15, 0.2) is 0 Å². The molecule has 0 N–H and O–H groups in total. The molecular formula is C12H13OP. The second kappa shape index (κ2) is 3.25. The molecule has 0 spiro atoms. The number of benzene rings is 1. The largest absolute Gasteiger partial charge is 0.314 e. The molecular weight excluding hydrogens is 191 g/mol. The van der Waals surface area contributed by atoms with Crippen molar-refractivity contribution in [3.63, 3.8) is 0 Å². The third-order valence-corrected chi connectivity index (χ3v) is 5.41. The van der Waals surface area contributed by atoms with Gasteiger partial charge in [0.2, 0.25) is 0 Å². The van der Waals surface area contributed by atoms with Gasteiger partial charge in [-0.15, -0.1) is 0 Å². The van der Waals surface area contributed by atoms with Crippen LogP contribution >= 0.6 is 7.14 Å². The molecule has 14 heavy (non-hydrogen) atoms. The first-order chi connectivity index (χ1) is 6.62. The summed E-state index contributed by atoms with van der Waals surface area (Å²) in [4.78, 5) is 0. The smallest absolute Gasteiger partial charge is 0.140 e. The van der Waals surface area contributed by atoms with E-state index in [1.165, 1.54) is 0 Å². The highest BCUT2D eigenvalue weighted by molar-refractivity contribution is 7.75. The van der Waals surface area contributed by atoms with E-state index in [2.05, 4.69) is 6.58 Å². The highest BCUT2D eigenvalue weighted by Crippen LogP contribution is 2.54. The molecule has 72 valence electrons. The number of allylic oxidation sites excluding steroid dienone is 2. The lowest BCUT2D eigenvalue weighted by Gasteiger charge is -2.08. The van der Waals surface area contributed by atoms with Crippen LogP contribution in [0, 0.1) is 0 Å². The molecule has 1 nitrogen and oxygen atoms in total. The molecule has 1 unspecified atom stereocenters. The van der Waals surface area contributed by atoms with Gasteiger partial charge in [-0.1, -0.05) is 36.9 Å². The standard InChI is InChI=1S/C12H13OP/c1-10-8-14(13,9-11(10)2)12-6-4-3-5-7-12/h3-7,9H,1,8H2,2H3. The molecule has 0 aromatic heterocycles. The zero-order valence-corrected chi connectivity index (χ0v) is 9.13. The van der Waals surface area contributed by atoms with Gasteiger partial charge in [-0.25, -0.2) is 0 Å². The van der Waals surface area contributed by atoms with Gasteiger partial charge < -0.3 is 4.57 Å². The predicted molar refractivity (Wildman–Crippen MR) is 61.4 cm³/mol. The Hall–Kier alpha value is -1.07. The average molecular weight is 204 g/mol. The van der Waals surface area contributed by atoms with Crippen LogP contribution in [0.15, 0.2) is 53.9 Å². The van der Waals surface area contributed by atoms with Crippen LogP contribution < -0.4 is 5.30 Å². The van der Waals surface area contributed by atoms with Crippen LogP contribution in [0.4, 0.5) is 0 Å². The molecule has 0 radical (unpaired) electrons. The quantitative estimate of drug-likeness (QED) is 0.642. The Balaban J connectivity index is 2.47. The Bertz CT molecular complexity index is 443. The minimum absolute atomic E-state index is 0.614. The summed E-state index contributed by atoms with van der Waals surface area (Å²) >= 11 is 0. The van der Waals surface area contributed by atoms with Gasteiger partial charge in [0.05, 0.1) is 0 Å². The molecule has 2 rings (SSSR count). The molecule has 0 saturated carbocycles. The summed E-state index contributed by atoms with van der Waals surface area (Å²) in [6.07, 6.45) is 0.614. The maximum absolute atomic E-state index is 12.5. The summed E-state index contributed by atoms with van der Waals surface area (Å²) in [6, 6.07) is 9.67. The van der Waals surface area contributed by atoms with E-state index in [0.717, 1.165) is 16.5 Å². The van der Waals surface area contributed by atoms with Gasteiger partial charge in [-0.3, -0.25) is 0 Å². The maximum atomic E-state index is 12.5. The minimum atomic E-state index is -2.30. The van der Waals surface area contributed by atoms with Crippen LogP contribution in [0.1, 0.15) is 6.92 Å². The fourth-order valence-corrected chi connectivity index (χ4v) is 4.43. The fourth-order valence-electron chi connectivity index (χ4n) is 1.70. The normalized spacial score (nSPS) is 26.4. The van der Waals surface area contributed by atoms with E-state index in [4.69, 9.17) is 0 Å². The van der Waals surface area contributed by atoms with Crippen molar-refractivity contribution in [1.82, 2.24) is 0 Å². The van der Waals surface area contributed by atoms with E-state index in [0.29, 0.717) is 6.16 Å². The number of hydrogen-bond donors (Lipinski definition) is 0. The lowest BCUT2D eigenvalue weighted by atomic mass is 10.2. The van der Waals surface area contributed by atoms with Gasteiger partial charge in [-0.05, 0) is 23.9 Å². The monoisotopic (exact) mass is 204 g/mol. The van der Waals surface area contributed by atoms with Crippen molar-refractivity contribution < 1.29 is 4.57 Å². The lowest BCUT2D eigenvalue weighted by Crippen LogP contribution is -2.02. The van der Waals surface area contributed by atoms with E-state index in [1.807, 2.05) is 43.1 Å². The Kier molecular flexibility index (Phi) is 2.20. The number of hydrogen-bond acceptors (Lipinski definition) is 1. The zero-order chi connectivity index (χ0) is 10.2. The van der Waals surface area contributed by atoms with Gasteiger partial charge in [0, 0.05) is 11.5 Å². The topological polar surface area (TPSA) is 17.1 Å². The van der Waals surface area contributed by atoms with Gasteiger partial charge >= 0.3 is 0 Å². The van der Waals surface area contributed by atoms with Crippen molar-refractivity contribution in [2.24, 2.45) is 0 Å². The van der Waals surface area contributed by atoms with Gasteiger partial charge in [0.1, 0.15) is 7.14 Å². The molecule has 1 heterocycles. The van der Waals surface area contributed by atoms with Crippen molar-refractivity contribution in [2.45, 2.75) is 6.92 Å². The van der Waals surface area contributed by atoms with Gasteiger partial charge in [0.25, 0.3) is 0 Å². The first kappa shape index (κ1) is 9.48. The van der Waals surface area contributed by atoms with Gasteiger partial charge in [-0.2, -0.15) is 0 Å². The molecule has 0 bridgehead atoms. The molecule has 1 aromatic rings. The van der Waals surface area contributed by atoms with Crippen molar-refractivity contribution >= 4 is 12.4 Å². The Labute approximate surface area is 84.5 Å². The molecule has 1 aliphatic rings. The molecule has 0 aliphatic carbocycles. The maximum Gasteiger partial charge on any atom is 0.140 e. The first-order valence-electron chi connectivity index (χ1n) is 4.64. The third-order valence-electron chi connectivity index (χ3n) is 2.58. The van der Waals surface area contributed by atoms with Crippen molar-refractivity contribution in [1.29, 1.82) is 0 Å². The molecule has 0 amide bonds. The molecule has 0 saturated heterocycles. The summed E-state index contributed by atoms with van der Waals surface area (Å²) in [5.41, 5.74) is 2.09. The Morgan fingerprint density at radius 2 is 1.93 bits per heavy atom. The highest BCUT2D eigenvalue weighted by Gasteiger charge is 2.28. The van der Waals surface area contributed by atoms with Crippen LogP contribution in [-0.4, -0.2) is 6.16 Å². The summed E-state index contributed by atoms with van der Waals surface area (Å²) < 4.78 is 12.5. The third kappa shape index (κ3) is 1.49. The molecule has 1 aliphatic heterocycles. The van der Waals surface area contributed by atoms with Crippen molar-refractivity contribution in [2.75, 3.05) is 6.16 Å². The Morgan fingerprint density at radius 3 is 2.43 bits per heavy atom. The number of rotatable bonds is 1. The first-order valence-corrected chi connectivity index (χ1v) is 6.60. The summed E-state index contributed by atoms with van der Waals surface area (Å²) in [7, 11) is -2.30. The van der Waals surface area contributed by atoms with Crippen LogP contribution in [0.3, 0.4) is 0 Å². The van der Waals surface area contributed by atoms with Crippen LogP contribution in [-0.2, 0) is 4.57 Å². The average Bonchev–Trinajstić information content (AvgIpc) is 2.44. The van der Waals surface area contributed by atoms with Crippen molar-refractivity contribution in [3.05, 3.63) is 53.9 Å². The van der Waals surface area contributed by atoms with Crippen LogP contribution in [0.5, 0.6) is 0 Å². The second-order valence-corrected chi connectivity index (χ2v) is 6.39. The summed E-state index contributed by atoms with van der Waals surface area (Å²) in [6.45, 7) is 5.89. The summed E-state index contributed by atoms with van der Waals surface area (Å²) in [5, 5.41) is 0.943. The predicted octanol–water partition coefficient (Wildman–Crippen LogP) is 3.15. The Morgan fingerprint density at radius 1 is 1.29 bits per heavy atom. The van der Waals surface area contributed by atoms with E-state index < -0.39 is 7.14 Å². The second-order valence-electron chi connectivity index (χ2n) is 3.70. The minimum Gasteiger partial charge on any atom is -0.314 e. The fraction of sp³-hybridized carbons (Fsp3) is 0.167. The van der Waals surface area contributed by atoms with E-state index >= 15 is 0 Å². The molecule has 0 fully saturated rings. The van der Waals surface area contributed by atoms with Crippen LogP contribution in [0.25, 0.3) is 0 Å². The van der Waals surface area contributed by atoms with E-state index in [-0.39, 0.29) is 0 Å². The highest BCUT2D eigenvalue weighted by atomic mass is 31.2. The summed E-state index contributed by atoms with van der Waals surface area (Å²) in [5.74, 6) is 1.89. The SMILES string of the molecule is C=C1CP(=O)(c2ccccc2)C=C1C. The van der Waals surface area contributed by atoms with Crippen molar-refractivity contribution in [3.8, 4) is 0 Å². The molecule has 1 aromatic carbocycles. The molecule has 1 atom stereocenters.